The summed E-state index contributed by atoms with van der Waals surface area (Å²) < 4.78 is 32.5. The Morgan fingerprint density at radius 2 is 1.68 bits per heavy atom. The van der Waals surface area contributed by atoms with Crippen LogP contribution in [-0.4, -0.2) is 19.8 Å². The smallest absolute Gasteiger partial charge is 0.126 e. The molecule has 0 fully saturated rings. The fourth-order valence-electron chi connectivity index (χ4n) is 2.27. The maximum Gasteiger partial charge on any atom is 0.126 e. The number of rotatable bonds is 5. The summed E-state index contributed by atoms with van der Waals surface area (Å²) >= 11 is 0. The molecular formula is C15H23F2NO. The van der Waals surface area contributed by atoms with Crippen molar-refractivity contribution in [2.75, 3.05) is 13.7 Å². The fourth-order valence-corrected chi connectivity index (χ4v) is 2.27. The fraction of sp³-hybridized carbons (Fsp3) is 0.600. The molecule has 2 unspecified atom stereocenters. The van der Waals surface area contributed by atoms with Crippen molar-refractivity contribution in [3.8, 4) is 0 Å². The van der Waals surface area contributed by atoms with Gasteiger partial charge in [-0.3, -0.25) is 0 Å². The van der Waals surface area contributed by atoms with Gasteiger partial charge in [0.05, 0.1) is 12.1 Å². The molecule has 2 nitrogen and oxygen atoms in total. The lowest BCUT2D eigenvalue weighted by molar-refractivity contribution is -0.0351. The molecule has 1 rings (SSSR count). The molecule has 4 heteroatoms. The molecule has 1 aromatic carbocycles. The van der Waals surface area contributed by atoms with Gasteiger partial charge in [-0.2, -0.15) is 0 Å². The highest BCUT2D eigenvalue weighted by molar-refractivity contribution is 5.23. The van der Waals surface area contributed by atoms with Crippen molar-refractivity contribution in [2.45, 2.75) is 39.8 Å². The number of ether oxygens (including phenoxy) is 1. The minimum atomic E-state index is -0.570. The molecule has 0 aliphatic rings. The molecule has 0 aliphatic heterocycles. The lowest BCUT2D eigenvalue weighted by Crippen LogP contribution is -2.41. The van der Waals surface area contributed by atoms with Gasteiger partial charge in [-0.15, -0.1) is 0 Å². The van der Waals surface area contributed by atoms with Gasteiger partial charge >= 0.3 is 0 Å². The second-order valence-corrected chi connectivity index (χ2v) is 5.71. The number of hydrogen-bond acceptors (Lipinski definition) is 2. The Labute approximate surface area is 114 Å². The van der Waals surface area contributed by atoms with Crippen molar-refractivity contribution in [3.05, 3.63) is 35.4 Å². The van der Waals surface area contributed by atoms with Crippen LogP contribution in [0.15, 0.2) is 18.2 Å². The van der Waals surface area contributed by atoms with E-state index in [1.807, 2.05) is 27.7 Å². The second-order valence-electron chi connectivity index (χ2n) is 5.71. The van der Waals surface area contributed by atoms with E-state index in [2.05, 4.69) is 5.32 Å². The number of benzene rings is 1. The molecule has 1 aromatic rings. The van der Waals surface area contributed by atoms with Crippen LogP contribution in [0.4, 0.5) is 8.78 Å². The summed E-state index contributed by atoms with van der Waals surface area (Å²) in [6, 6.07) is 3.32. The molecule has 0 aromatic heterocycles. The zero-order valence-electron chi connectivity index (χ0n) is 12.3. The number of nitrogens with one attached hydrogen (secondary N) is 1. The average Bonchev–Trinajstić information content (AvgIpc) is 2.26. The van der Waals surface area contributed by atoms with Gasteiger partial charge in [0.1, 0.15) is 11.6 Å². The van der Waals surface area contributed by atoms with Crippen molar-refractivity contribution in [2.24, 2.45) is 5.41 Å². The average molecular weight is 271 g/mol. The number of halogens is 2. The third-order valence-electron chi connectivity index (χ3n) is 3.06. The molecule has 0 aliphatic carbocycles. The van der Waals surface area contributed by atoms with E-state index in [1.165, 1.54) is 12.1 Å². The molecule has 108 valence electrons. The molecule has 0 bridgehead atoms. The summed E-state index contributed by atoms with van der Waals surface area (Å²) in [6.07, 6.45) is -0.177. The second kappa shape index (κ2) is 6.44. The molecule has 2 atom stereocenters. The minimum Gasteiger partial charge on any atom is -0.376 e. The highest BCUT2D eigenvalue weighted by Gasteiger charge is 2.33. The Kier molecular flexibility index (Phi) is 5.44. The van der Waals surface area contributed by atoms with Gasteiger partial charge in [-0.1, -0.05) is 20.8 Å². The SMILES string of the molecule is CCOC(C(NC)c1cc(F)cc(F)c1)C(C)(C)C. The van der Waals surface area contributed by atoms with Crippen molar-refractivity contribution in [1.82, 2.24) is 5.32 Å². The van der Waals surface area contributed by atoms with Gasteiger partial charge in [-0.25, -0.2) is 8.78 Å². The summed E-state index contributed by atoms with van der Waals surface area (Å²) in [5.41, 5.74) is 0.417. The first kappa shape index (κ1) is 16.1. The molecule has 19 heavy (non-hydrogen) atoms. The molecule has 0 heterocycles. The predicted molar refractivity (Wildman–Crippen MR) is 73.0 cm³/mol. The van der Waals surface area contributed by atoms with Crippen molar-refractivity contribution in [3.63, 3.8) is 0 Å². The van der Waals surface area contributed by atoms with Crippen LogP contribution >= 0.6 is 0 Å². The van der Waals surface area contributed by atoms with E-state index in [1.54, 1.807) is 7.05 Å². The Hall–Kier alpha value is -1.00. The van der Waals surface area contributed by atoms with Gasteiger partial charge in [-0.05, 0) is 37.1 Å². The van der Waals surface area contributed by atoms with Crippen LogP contribution in [0.3, 0.4) is 0 Å². The quantitative estimate of drug-likeness (QED) is 0.882. The first-order chi connectivity index (χ1) is 8.79. The highest BCUT2D eigenvalue weighted by Crippen LogP contribution is 2.33. The van der Waals surface area contributed by atoms with Gasteiger partial charge in [0.15, 0.2) is 0 Å². The third kappa shape index (κ3) is 4.25. The first-order valence-electron chi connectivity index (χ1n) is 6.54. The highest BCUT2D eigenvalue weighted by atomic mass is 19.1. The molecule has 0 spiro atoms. The zero-order chi connectivity index (χ0) is 14.6. The topological polar surface area (TPSA) is 21.3 Å². The Balaban J connectivity index is 3.15. The number of likely N-dealkylation sites (N-methyl/N-ethyl adjacent to an activating group) is 1. The summed E-state index contributed by atoms with van der Waals surface area (Å²) in [4.78, 5) is 0. The van der Waals surface area contributed by atoms with Gasteiger partial charge < -0.3 is 10.1 Å². The Bertz CT molecular complexity index is 395. The summed E-state index contributed by atoms with van der Waals surface area (Å²) in [5, 5.41) is 3.11. The Morgan fingerprint density at radius 3 is 2.05 bits per heavy atom. The van der Waals surface area contributed by atoms with E-state index in [4.69, 9.17) is 4.74 Å². The summed E-state index contributed by atoms with van der Waals surface area (Å²) in [6.45, 7) is 8.61. The maximum atomic E-state index is 13.4. The van der Waals surface area contributed by atoms with Crippen LogP contribution in [0.2, 0.25) is 0 Å². The van der Waals surface area contributed by atoms with E-state index in [9.17, 15) is 8.78 Å². The van der Waals surface area contributed by atoms with E-state index in [0.29, 0.717) is 12.2 Å². The largest absolute Gasteiger partial charge is 0.376 e. The van der Waals surface area contributed by atoms with Crippen LogP contribution in [0.5, 0.6) is 0 Å². The lowest BCUT2D eigenvalue weighted by atomic mass is 9.82. The monoisotopic (exact) mass is 271 g/mol. The molecule has 0 saturated heterocycles. The molecular weight excluding hydrogens is 248 g/mol. The van der Waals surface area contributed by atoms with E-state index in [0.717, 1.165) is 6.07 Å². The van der Waals surface area contributed by atoms with Crippen LogP contribution in [0, 0.1) is 17.0 Å². The third-order valence-corrected chi connectivity index (χ3v) is 3.06. The van der Waals surface area contributed by atoms with Gasteiger partial charge in [0.25, 0.3) is 0 Å². The van der Waals surface area contributed by atoms with E-state index < -0.39 is 11.6 Å². The van der Waals surface area contributed by atoms with E-state index in [-0.39, 0.29) is 17.6 Å². The van der Waals surface area contributed by atoms with E-state index >= 15 is 0 Å². The summed E-state index contributed by atoms with van der Waals surface area (Å²) in [7, 11) is 1.77. The predicted octanol–water partition coefficient (Wildman–Crippen LogP) is 3.68. The van der Waals surface area contributed by atoms with Crippen molar-refractivity contribution >= 4 is 0 Å². The Morgan fingerprint density at radius 1 is 1.16 bits per heavy atom. The lowest BCUT2D eigenvalue weighted by Gasteiger charge is -2.37. The van der Waals surface area contributed by atoms with Crippen molar-refractivity contribution in [1.29, 1.82) is 0 Å². The maximum absolute atomic E-state index is 13.4. The van der Waals surface area contributed by atoms with Crippen LogP contribution < -0.4 is 5.32 Å². The minimum absolute atomic E-state index is 0.146. The molecule has 1 N–H and O–H groups in total. The van der Waals surface area contributed by atoms with Gasteiger partial charge in [0, 0.05) is 12.7 Å². The molecule has 0 amide bonds. The zero-order valence-corrected chi connectivity index (χ0v) is 12.3. The van der Waals surface area contributed by atoms with Crippen LogP contribution in [0.1, 0.15) is 39.3 Å². The molecule has 0 saturated carbocycles. The normalized spacial score (nSPS) is 15.3. The first-order valence-corrected chi connectivity index (χ1v) is 6.54. The number of hydrogen-bond donors (Lipinski definition) is 1. The molecule has 0 radical (unpaired) electrons. The van der Waals surface area contributed by atoms with Crippen molar-refractivity contribution < 1.29 is 13.5 Å². The van der Waals surface area contributed by atoms with Gasteiger partial charge in [0.2, 0.25) is 0 Å². The standard InChI is InChI=1S/C15H23F2NO/c1-6-19-14(15(2,3)4)13(18-5)10-7-11(16)9-12(17)8-10/h7-9,13-14,18H,6H2,1-5H3. The van der Waals surface area contributed by atoms with Crippen LogP contribution in [0.25, 0.3) is 0 Å². The van der Waals surface area contributed by atoms with Crippen LogP contribution in [-0.2, 0) is 4.74 Å². The summed E-state index contributed by atoms with van der Waals surface area (Å²) in [5.74, 6) is -1.14.